The molecule has 1 amide bonds. The molecule has 0 radical (unpaired) electrons. The van der Waals surface area contributed by atoms with Crippen LogP contribution in [0.4, 0.5) is 0 Å². The van der Waals surface area contributed by atoms with Crippen molar-refractivity contribution < 1.29 is 23.8 Å². The molecular weight excluding hydrogens is 334 g/mol. The van der Waals surface area contributed by atoms with Gasteiger partial charge < -0.3 is 24.3 Å². The van der Waals surface area contributed by atoms with E-state index in [1.807, 2.05) is 39.0 Å². The van der Waals surface area contributed by atoms with Gasteiger partial charge in [-0.1, -0.05) is 6.07 Å². The van der Waals surface area contributed by atoms with Gasteiger partial charge in [0.25, 0.3) is 0 Å². The third kappa shape index (κ3) is 3.55. The normalized spacial score (nSPS) is 16.0. The van der Waals surface area contributed by atoms with Crippen molar-refractivity contribution >= 4 is 5.91 Å². The summed E-state index contributed by atoms with van der Waals surface area (Å²) in [6.07, 6.45) is 0. The maximum Gasteiger partial charge on any atom is 0.230 e. The fraction of sp³-hybridized carbons (Fsp3) is 0.450. The van der Waals surface area contributed by atoms with E-state index in [1.54, 1.807) is 19.1 Å². The molecule has 1 aliphatic rings. The molecule has 0 bridgehead atoms. The number of nitrogens with one attached hydrogen (secondary N) is 1. The van der Waals surface area contributed by atoms with Gasteiger partial charge in [0.1, 0.15) is 30.3 Å². The molecule has 26 heavy (non-hydrogen) atoms. The summed E-state index contributed by atoms with van der Waals surface area (Å²) in [4.78, 5) is 12.8. The second-order valence-corrected chi connectivity index (χ2v) is 7.35. The van der Waals surface area contributed by atoms with E-state index in [-0.39, 0.29) is 12.5 Å². The lowest BCUT2D eigenvalue weighted by atomic mass is 9.83. The molecule has 1 atom stereocenters. The molecule has 140 valence electrons. The van der Waals surface area contributed by atoms with Crippen molar-refractivity contribution in [3.63, 3.8) is 0 Å². The van der Waals surface area contributed by atoms with E-state index in [1.165, 1.54) is 0 Å². The van der Waals surface area contributed by atoms with Crippen LogP contribution < -0.4 is 14.8 Å². The van der Waals surface area contributed by atoms with Gasteiger partial charge >= 0.3 is 0 Å². The third-order valence-corrected chi connectivity index (χ3v) is 4.70. The first kappa shape index (κ1) is 18.3. The van der Waals surface area contributed by atoms with Crippen LogP contribution in [0.5, 0.6) is 11.5 Å². The van der Waals surface area contributed by atoms with Gasteiger partial charge in [0, 0.05) is 0 Å². The molecule has 0 saturated heterocycles. The summed E-state index contributed by atoms with van der Waals surface area (Å²) in [5.41, 5.74) is -1.27. The molecule has 2 aromatic rings. The minimum absolute atomic E-state index is 0.0484. The lowest BCUT2D eigenvalue weighted by molar-refractivity contribution is -0.127. The van der Waals surface area contributed by atoms with E-state index < -0.39 is 11.0 Å². The van der Waals surface area contributed by atoms with E-state index in [2.05, 4.69) is 5.32 Å². The summed E-state index contributed by atoms with van der Waals surface area (Å²) in [5, 5.41) is 13.4. The number of fused-ring (bicyclic) bond motifs is 1. The predicted molar refractivity (Wildman–Crippen MR) is 96.5 cm³/mol. The number of aliphatic hydroxyl groups is 1. The number of carbonyl (C=O) groups excluding carboxylic acids is 1. The monoisotopic (exact) mass is 359 g/mol. The summed E-state index contributed by atoms with van der Waals surface area (Å²) < 4.78 is 16.6. The van der Waals surface area contributed by atoms with E-state index in [4.69, 9.17) is 13.9 Å². The first-order chi connectivity index (χ1) is 12.2. The average Bonchev–Trinajstić information content (AvgIpc) is 3.06. The van der Waals surface area contributed by atoms with Gasteiger partial charge in [0.2, 0.25) is 5.91 Å². The molecule has 1 unspecified atom stereocenters. The second-order valence-electron chi connectivity index (χ2n) is 7.35. The van der Waals surface area contributed by atoms with Crippen molar-refractivity contribution in [2.75, 3.05) is 19.8 Å². The van der Waals surface area contributed by atoms with Crippen LogP contribution in [0, 0.1) is 6.92 Å². The number of hydrogen-bond acceptors (Lipinski definition) is 5. The largest absolute Gasteiger partial charge is 0.486 e. The number of carbonyl (C=O) groups is 1. The first-order valence-electron chi connectivity index (χ1n) is 8.68. The van der Waals surface area contributed by atoms with Crippen LogP contribution in [0.2, 0.25) is 0 Å². The predicted octanol–water partition coefficient (Wildman–Crippen LogP) is 2.66. The van der Waals surface area contributed by atoms with Crippen LogP contribution in [0.1, 0.15) is 37.9 Å². The van der Waals surface area contributed by atoms with Crippen molar-refractivity contribution in [3.8, 4) is 11.5 Å². The molecular formula is C20H25NO5. The van der Waals surface area contributed by atoms with Crippen molar-refractivity contribution in [3.05, 3.63) is 47.4 Å². The molecule has 2 heterocycles. The van der Waals surface area contributed by atoms with Gasteiger partial charge in [0.15, 0.2) is 11.5 Å². The quantitative estimate of drug-likeness (QED) is 0.858. The zero-order valence-corrected chi connectivity index (χ0v) is 15.6. The van der Waals surface area contributed by atoms with Gasteiger partial charge in [-0.05, 0) is 57.5 Å². The van der Waals surface area contributed by atoms with Gasteiger partial charge in [-0.15, -0.1) is 0 Å². The SMILES string of the molecule is Cc1ccc(C(C)(O)CNC(=O)C(C)(C)c2ccc3c(c2)OCCO3)o1. The van der Waals surface area contributed by atoms with Gasteiger partial charge in [-0.2, -0.15) is 0 Å². The van der Waals surface area contributed by atoms with E-state index in [0.29, 0.717) is 36.2 Å². The highest BCUT2D eigenvalue weighted by Gasteiger charge is 2.34. The summed E-state index contributed by atoms with van der Waals surface area (Å²) >= 11 is 0. The fourth-order valence-corrected chi connectivity index (χ4v) is 2.85. The van der Waals surface area contributed by atoms with Crippen molar-refractivity contribution in [2.24, 2.45) is 0 Å². The average molecular weight is 359 g/mol. The Morgan fingerprint density at radius 1 is 1.12 bits per heavy atom. The Labute approximate surface area is 153 Å². The standard InChI is InChI=1S/C20H25NO5/c1-13-5-8-17(26-13)20(4,23)12-21-18(22)19(2,3)14-6-7-15-16(11-14)25-10-9-24-15/h5-8,11,23H,9-10,12H2,1-4H3,(H,21,22). The minimum Gasteiger partial charge on any atom is -0.486 e. The van der Waals surface area contributed by atoms with E-state index >= 15 is 0 Å². The summed E-state index contributed by atoms with van der Waals surface area (Å²) in [6, 6.07) is 9.02. The lowest BCUT2D eigenvalue weighted by Gasteiger charge is -2.28. The Bertz CT molecular complexity index is 806. The summed E-state index contributed by atoms with van der Waals surface area (Å²) in [6.45, 7) is 8.16. The van der Waals surface area contributed by atoms with Crippen LogP contribution >= 0.6 is 0 Å². The number of ether oxygens (including phenoxy) is 2. The van der Waals surface area contributed by atoms with Gasteiger partial charge in [-0.25, -0.2) is 0 Å². The maximum absolute atomic E-state index is 12.8. The Morgan fingerprint density at radius 3 is 2.46 bits per heavy atom. The third-order valence-electron chi connectivity index (χ3n) is 4.70. The maximum atomic E-state index is 12.8. The van der Waals surface area contributed by atoms with Gasteiger partial charge in [0.05, 0.1) is 12.0 Å². The van der Waals surface area contributed by atoms with Crippen LogP contribution in [0.3, 0.4) is 0 Å². The van der Waals surface area contributed by atoms with Gasteiger partial charge in [-0.3, -0.25) is 4.79 Å². The fourth-order valence-electron chi connectivity index (χ4n) is 2.85. The number of rotatable bonds is 5. The summed E-state index contributed by atoms with van der Waals surface area (Å²) in [7, 11) is 0. The highest BCUT2D eigenvalue weighted by atomic mass is 16.6. The lowest BCUT2D eigenvalue weighted by Crippen LogP contribution is -2.45. The Kier molecular flexibility index (Phi) is 4.71. The number of furan rings is 1. The van der Waals surface area contributed by atoms with Crippen LogP contribution in [-0.2, 0) is 15.8 Å². The molecule has 0 fully saturated rings. The Morgan fingerprint density at radius 2 is 1.81 bits per heavy atom. The molecule has 0 spiro atoms. The van der Waals surface area contributed by atoms with Crippen LogP contribution in [0.25, 0.3) is 0 Å². The summed E-state index contributed by atoms with van der Waals surface area (Å²) in [5.74, 6) is 2.27. The first-order valence-corrected chi connectivity index (χ1v) is 8.68. The molecule has 1 aliphatic heterocycles. The Balaban J connectivity index is 1.72. The molecule has 3 rings (SSSR count). The Hall–Kier alpha value is -2.47. The second kappa shape index (κ2) is 6.68. The van der Waals surface area contributed by atoms with Crippen molar-refractivity contribution in [1.29, 1.82) is 0 Å². The smallest absolute Gasteiger partial charge is 0.230 e. The minimum atomic E-state index is -1.28. The number of benzene rings is 1. The van der Waals surface area contributed by atoms with E-state index in [9.17, 15) is 9.90 Å². The molecule has 0 saturated carbocycles. The van der Waals surface area contributed by atoms with Crippen LogP contribution in [0.15, 0.2) is 34.7 Å². The topological polar surface area (TPSA) is 80.9 Å². The highest BCUT2D eigenvalue weighted by Crippen LogP contribution is 2.35. The molecule has 1 aromatic carbocycles. The number of hydrogen-bond donors (Lipinski definition) is 2. The molecule has 2 N–H and O–H groups in total. The van der Waals surface area contributed by atoms with E-state index in [0.717, 1.165) is 5.56 Å². The van der Waals surface area contributed by atoms with Crippen molar-refractivity contribution in [2.45, 2.75) is 38.7 Å². The number of amides is 1. The van der Waals surface area contributed by atoms with Crippen LogP contribution in [-0.4, -0.2) is 30.8 Å². The molecule has 6 heteroatoms. The molecule has 1 aromatic heterocycles. The molecule has 0 aliphatic carbocycles. The zero-order valence-electron chi connectivity index (χ0n) is 15.6. The zero-order chi connectivity index (χ0) is 18.9. The number of aryl methyl sites for hydroxylation is 1. The molecule has 6 nitrogen and oxygen atoms in total. The highest BCUT2D eigenvalue weighted by molar-refractivity contribution is 5.87. The van der Waals surface area contributed by atoms with Crippen molar-refractivity contribution in [1.82, 2.24) is 5.32 Å².